The van der Waals surface area contributed by atoms with Crippen LogP contribution in [0.15, 0.2) is 34.8 Å². The van der Waals surface area contributed by atoms with Gasteiger partial charge in [0.25, 0.3) is 0 Å². The number of ether oxygens (including phenoxy) is 1. The van der Waals surface area contributed by atoms with Gasteiger partial charge < -0.3 is 4.74 Å². The van der Waals surface area contributed by atoms with E-state index in [0.717, 1.165) is 12.1 Å². The van der Waals surface area contributed by atoms with Crippen LogP contribution in [0, 0.1) is 17.5 Å². The Bertz CT molecular complexity index is 625. The molecule has 106 valence electrons. The van der Waals surface area contributed by atoms with Crippen LogP contribution in [0.4, 0.5) is 13.2 Å². The zero-order valence-corrected chi connectivity index (χ0v) is 12.6. The summed E-state index contributed by atoms with van der Waals surface area (Å²) in [5.74, 6) is -3.43. The van der Waals surface area contributed by atoms with Crippen molar-refractivity contribution in [1.82, 2.24) is 0 Å². The zero-order valence-electron chi connectivity index (χ0n) is 10.3. The minimum Gasteiger partial charge on any atom is -0.496 e. The van der Waals surface area contributed by atoms with Gasteiger partial charge in [0.2, 0.25) is 0 Å². The average Bonchev–Trinajstić information content (AvgIpc) is 2.43. The molecule has 2 aromatic rings. The Morgan fingerprint density at radius 3 is 2.15 bits per heavy atom. The van der Waals surface area contributed by atoms with Crippen molar-refractivity contribution in [2.75, 3.05) is 7.11 Å². The van der Waals surface area contributed by atoms with Crippen LogP contribution in [0.1, 0.15) is 16.5 Å². The van der Waals surface area contributed by atoms with Crippen LogP contribution in [-0.2, 0) is 0 Å². The molecule has 6 heteroatoms. The Morgan fingerprint density at radius 1 is 1.05 bits per heavy atom. The van der Waals surface area contributed by atoms with E-state index < -0.39 is 22.8 Å². The first-order valence-electron chi connectivity index (χ1n) is 5.56. The second kappa shape index (κ2) is 6.06. The molecule has 0 N–H and O–H groups in total. The molecule has 20 heavy (non-hydrogen) atoms. The van der Waals surface area contributed by atoms with E-state index in [1.165, 1.54) is 7.11 Å². The quantitative estimate of drug-likeness (QED) is 0.536. The highest BCUT2D eigenvalue weighted by molar-refractivity contribution is 9.10. The number of rotatable bonds is 3. The third-order valence-electron chi connectivity index (χ3n) is 2.77. The largest absolute Gasteiger partial charge is 0.496 e. The molecule has 1 unspecified atom stereocenters. The molecule has 0 fully saturated rings. The summed E-state index contributed by atoms with van der Waals surface area (Å²) in [7, 11) is 1.52. The maximum absolute atomic E-state index is 13.2. The monoisotopic (exact) mass is 364 g/mol. The Morgan fingerprint density at radius 2 is 1.65 bits per heavy atom. The fourth-order valence-corrected chi connectivity index (χ4v) is 2.57. The topological polar surface area (TPSA) is 9.23 Å². The van der Waals surface area contributed by atoms with Crippen LogP contribution >= 0.6 is 27.5 Å². The number of methoxy groups -OCH3 is 1. The molecular formula is C14H9BrClF3O. The molecule has 0 aliphatic rings. The van der Waals surface area contributed by atoms with Crippen molar-refractivity contribution in [1.29, 1.82) is 0 Å². The van der Waals surface area contributed by atoms with Crippen molar-refractivity contribution in [3.05, 3.63) is 63.4 Å². The number of hydrogen-bond acceptors (Lipinski definition) is 1. The van der Waals surface area contributed by atoms with Crippen molar-refractivity contribution in [3.8, 4) is 5.75 Å². The van der Waals surface area contributed by atoms with Crippen molar-refractivity contribution in [2.45, 2.75) is 5.38 Å². The lowest BCUT2D eigenvalue weighted by Crippen LogP contribution is -1.99. The summed E-state index contributed by atoms with van der Waals surface area (Å²) in [6, 6.07) is 6.78. The molecule has 0 aliphatic heterocycles. The van der Waals surface area contributed by atoms with Crippen molar-refractivity contribution < 1.29 is 17.9 Å². The second-order valence-corrected chi connectivity index (χ2v) is 5.35. The summed E-state index contributed by atoms with van der Waals surface area (Å²) in [4.78, 5) is 0. The summed E-state index contributed by atoms with van der Waals surface area (Å²) >= 11 is 9.47. The van der Waals surface area contributed by atoms with Crippen LogP contribution in [0.5, 0.6) is 5.75 Å². The van der Waals surface area contributed by atoms with E-state index in [9.17, 15) is 13.2 Å². The average molecular weight is 366 g/mol. The van der Waals surface area contributed by atoms with E-state index in [2.05, 4.69) is 15.9 Å². The molecule has 0 bridgehead atoms. The Hall–Kier alpha value is -1.20. The van der Waals surface area contributed by atoms with Gasteiger partial charge in [-0.1, -0.05) is 6.07 Å². The van der Waals surface area contributed by atoms with Gasteiger partial charge in [-0.25, -0.2) is 13.2 Å². The van der Waals surface area contributed by atoms with Crippen molar-refractivity contribution >= 4 is 27.5 Å². The Balaban J connectivity index is 2.41. The maximum atomic E-state index is 13.2. The van der Waals surface area contributed by atoms with E-state index in [4.69, 9.17) is 16.3 Å². The molecule has 0 aliphatic carbocycles. The number of hydrogen-bond donors (Lipinski definition) is 0. The Kier molecular flexibility index (Phi) is 4.60. The SMILES string of the molecule is COc1ccc(C(Cl)c2cc(F)c(F)c(F)c2)cc1Br. The van der Waals surface area contributed by atoms with E-state index in [1.54, 1.807) is 18.2 Å². The number of halogens is 5. The molecule has 0 aromatic heterocycles. The molecule has 0 amide bonds. The minimum absolute atomic E-state index is 0.139. The highest BCUT2D eigenvalue weighted by Gasteiger charge is 2.18. The molecular weight excluding hydrogens is 357 g/mol. The maximum Gasteiger partial charge on any atom is 0.194 e. The highest BCUT2D eigenvalue weighted by atomic mass is 79.9. The van der Waals surface area contributed by atoms with E-state index >= 15 is 0 Å². The van der Waals surface area contributed by atoms with Gasteiger partial charge in [0.05, 0.1) is 17.0 Å². The summed E-state index contributed by atoms with van der Waals surface area (Å²) in [6.45, 7) is 0. The summed E-state index contributed by atoms with van der Waals surface area (Å²) in [5.41, 5.74) is 0.741. The summed E-state index contributed by atoms with van der Waals surface area (Å²) in [5, 5.41) is -0.804. The zero-order chi connectivity index (χ0) is 14.9. The lowest BCUT2D eigenvalue weighted by atomic mass is 10.0. The smallest absolute Gasteiger partial charge is 0.194 e. The van der Waals surface area contributed by atoms with E-state index in [0.29, 0.717) is 15.8 Å². The molecule has 2 aromatic carbocycles. The predicted octanol–water partition coefficient (Wildman–Crippen LogP) is 5.20. The van der Waals surface area contributed by atoms with Crippen LogP contribution in [0.3, 0.4) is 0 Å². The molecule has 0 radical (unpaired) electrons. The van der Waals surface area contributed by atoms with Gasteiger partial charge in [-0.15, -0.1) is 11.6 Å². The molecule has 0 saturated heterocycles. The van der Waals surface area contributed by atoms with Gasteiger partial charge in [0, 0.05) is 0 Å². The van der Waals surface area contributed by atoms with Crippen LogP contribution in [0.2, 0.25) is 0 Å². The number of alkyl halides is 1. The molecule has 1 atom stereocenters. The first-order chi connectivity index (χ1) is 9.43. The van der Waals surface area contributed by atoms with Crippen LogP contribution in [-0.4, -0.2) is 7.11 Å². The number of benzene rings is 2. The third-order valence-corrected chi connectivity index (χ3v) is 3.89. The van der Waals surface area contributed by atoms with Gasteiger partial charge in [-0.3, -0.25) is 0 Å². The second-order valence-electron chi connectivity index (χ2n) is 4.06. The van der Waals surface area contributed by atoms with Crippen molar-refractivity contribution in [3.63, 3.8) is 0 Å². The first-order valence-corrected chi connectivity index (χ1v) is 6.79. The lowest BCUT2D eigenvalue weighted by molar-refractivity contribution is 0.412. The van der Waals surface area contributed by atoms with Gasteiger partial charge >= 0.3 is 0 Å². The van der Waals surface area contributed by atoms with Crippen molar-refractivity contribution in [2.24, 2.45) is 0 Å². The van der Waals surface area contributed by atoms with E-state index in [-0.39, 0.29) is 5.56 Å². The molecule has 2 rings (SSSR count). The Labute approximate surface area is 127 Å². The molecule has 0 spiro atoms. The summed E-state index contributed by atoms with van der Waals surface area (Å²) in [6.07, 6.45) is 0. The molecule has 0 saturated carbocycles. The lowest BCUT2D eigenvalue weighted by Gasteiger charge is -2.13. The third kappa shape index (κ3) is 2.94. The molecule has 1 nitrogen and oxygen atoms in total. The highest BCUT2D eigenvalue weighted by Crippen LogP contribution is 2.34. The van der Waals surface area contributed by atoms with Gasteiger partial charge in [-0.05, 0) is 51.3 Å². The van der Waals surface area contributed by atoms with Gasteiger partial charge in [-0.2, -0.15) is 0 Å². The fraction of sp³-hybridized carbons (Fsp3) is 0.143. The van der Waals surface area contributed by atoms with E-state index in [1.807, 2.05) is 0 Å². The van der Waals surface area contributed by atoms with Gasteiger partial charge in [0.15, 0.2) is 17.5 Å². The summed E-state index contributed by atoms with van der Waals surface area (Å²) < 4.78 is 45.1. The fourth-order valence-electron chi connectivity index (χ4n) is 1.75. The van der Waals surface area contributed by atoms with Gasteiger partial charge in [0.1, 0.15) is 5.75 Å². The normalized spacial score (nSPS) is 12.3. The van der Waals surface area contributed by atoms with Crippen LogP contribution in [0.25, 0.3) is 0 Å². The molecule has 0 heterocycles. The predicted molar refractivity (Wildman–Crippen MR) is 74.7 cm³/mol. The standard InChI is InChI=1S/C14H9BrClF3O/c1-20-12-3-2-7(4-9(12)15)13(16)8-5-10(17)14(19)11(18)6-8/h2-6,13H,1H3. The minimum atomic E-state index is -1.51. The first kappa shape index (κ1) is 15.2. The van der Waals surface area contributed by atoms with Crippen LogP contribution < -0.4 is 4.74 Å².